The SMILES string of the molecule is O=c1[nH]c(=O)c2[nH]c(C(C3CC3)C3CC3)nc2[nH]1. The number of imidazole rings is 1. The van der Waals surface area contributed by atoms with E-state index in [1.807, 2.05) is 0 Å². The van der Waals surface area contributed by atoms with Gasteiger partial charge in [0.1, 0.15) is 11.3 Å². The zero-order valence-electron chi connectivity index (χ0n) is 9.82. The van der Waals surface area contributed by atoms with Gasteiger partial charge in [-0.1, -0.05) is 0 Å². The Bertz CT molecular complexity index is 705. The first-order chi connectivity index (χ1) is 8.72. The molecular formula is C12H14N4O2. The Morgan fingerprint density at radius 2 is 1.67 bits per heavy atom. The number of H-pyrrole nitrogens is 3. The maximum absolute atomic E-state index is 11.7. The van der Waals surface area contributed by atoms with Crippen LogP contribution in [-0.4, -0.2) is 19.9 Å². The second-order valence-electron chi connectivity index (χ2n) is 5.45. The fourth-order valence-electron chi connectivity index (χ4n) is 2.85. The maximum atomic E-state index is 11.7. The fourth-order valence-corrected chi connectivity index (χ4v) is 2.85. The van der Waals surface area contributed by atoms with E-state index in [9.17, 15) is 9.59 Å². The van der Waals surface area contributed by atoms with Crippen LogP contribution in [0.15, 0.2) is 9.59 Å². The molecule has 94 valence electrons. The van der Waals surface area contributed by atoms with Gasteiger partial charge in [0.15, 0.2) is 5.65 Å². The van der Waals surface area contributed by atoms with Crippen LogP contribution in [0.5, 0.6) is 0 Å². The standard InChI is InChI=1S/C12H14N4O2/c17-11-8-10(15-12(18)16-11)14-9(13-8)7(5-1-2-5)6-3-4-6/h5-7H,1-4H2,(H3,13,14,15,16,17,18). The van der Waals surface area contributed by atoms with Crippen molar-refractivity contribution >= 4 is 11.2 Å². The summed E-state index contributed by atoms with van der Waals surface area (Å²) >= 11 is 0. The van der Waals surface area contributed by atoms with Crippen molar-refractivity contribution < 1.29 is 0 Å². The van der Waals surface area contributed by atoms with E-state index in [0.717, 1.165) is 5.82 Å². The quantitative estimate of drug-likeness (QED) is 0.749. The summed E-state index contributed by atoms with van der Waals surface area (Å²) in [6, 6.07) is 0. The van der Waals surface area contributed by atoms with Crippen LogP contribution in [0.4, 0.5) is 0 Å². The zero-order valence-corrected chi connectivity index (χ0v) is 9.82. The molecule has 0 amide bonds. The molecule has 2 aliphatic carbocycles. The molecule has 0 radical (unpaired) electrons. The molecule has 0 bridgehead atoms. The van der Waals surface area contributed by atoms with E-state index >= 15 is 0 Å². The maximum Gasteiger partial charge on any atom is 0.327 e. The third-order valence-electron chi connectivity index (χ3n) is 3.98. The number of hydrogen-bond acceptors (Lipinski definition) is 3. The summed E-state index contributed by atoms with van der Waals surface area (Å²) in [6.07, 6.45) is 5.02. The van der Waals surface area contributed by atoms with Gasteiger partial charge in [-0.05, 0) is 37.5 Å². The van der Waals surface area contributed by atoms with Crippen molar-refractivity contribution in [2.75, 3.05) is 0 Å². The topological polar surface area (TPSA) is 94.4 Å². The van der Waals surface area contributed by atoms with Crippen LogP contribution in [0.2, 0.25) is 0 Å². The van der Waals surface area contributed by atoms with Crippen molar-refractivity contribution in [3.8, 4) is 0 Å². The van der Waals surface area contributed by atoms with Gasteiger partial charge in [-0.25, -0.2) is 9.78 Å². The smallest absolute Gasteiger partial charge is 0.327 e. The van der Waals surface area contributed by atoms with E-state index in [0.29, 0.717) is 28.9 Å². The summed E-state index contributed by atoms with van der Waals surface area (Å²) in [5.41, 5.74) is -0.126. The molecule has 6 heteroatoms. The molecule has 2 aliphatic rings. The van der Waals surface area contributed by atoms with E-state index in [4.69, 9.17) is 0 Å². The molecule has 0 atom stereocenters. The summed E-state index contributed by atoms with van der Waals surface area (Å²) in [5, 5.41) is 0. The summed E-state index contributed by atoms with van der Waals surface area (Å²) in [6.45, 7) is 0. The Balaban J connectivity index is 1.87. The Labute approximate surface area is 102 Å². The lowest BCUT2D eigenvalue weighted by molar-refractivity contribution is 0.514. The minimum absolute atomic E-state index is 0.380. The van der Waals surface area contributed by atoms with Gasteiger partial charge >= 0.3 is 5.69 Å². The Hall–Kier alpha value is -1.85. The van der Waals surface area contributed by atoms with Gasteiger partial charge in [-0.3, -0.25) is 14.8 Å². The van der Waals surface area contributed by atoms with Gasteiger partial charge in [0.25, 0.3) is 5.56 Å². The molecule has 2 aromatic rings. The number of fused-ring (bicyclic) bond motifs is 1. The zero-order chi connectivity index (χ0) is 12.3. The van der Waals surface area contributed by atoms with Crippen LogP contribution < -0.4 is 11.2 Å². The molecule has 2 heterocycles. The second kappa shape index (κ2) is 3.34. The third-order valence-corrected chi connectivity index (χ3v) is 3.98. The van der Waals surface area contributed by atoms with Crippen LogP contribution in [0.25, 0.3) is 11.2 Å². The molecule has 3 N–H and O–H groups in total. The molecular weight excluding hydrogens is 232 g/mol. The Kier molecular flexibility index (Phi) is 1.87. The predicted molar refractivity (Wildman–Crippen MR) is 65.5 cm³/mol. The van der Waals surface area contributed by atoms with Crippen LogP contribution in [-0.2, 0) is 0 Å². The molecule has 0 aromatic carbocycles. The first-order valence-corrected chi connectivity index (χ1v) is 6.44. The summed E-state index contributed by atoms with van der Waals surface area (Å²) < 4.78 is 0. The molecule has 0 saturated heterocycles. The van der Waals surface area contributed by atoms with Gasteiger partial charge < -0.3 is 4.98 Å². The summed E-state index contributed by atoms with van der Waals surface area (Å²) in [7, 11) is 0. The van der Waals surface area contributed by atoms with Crippen LogP contribution in [0, 0.1) is 11.8 Å². The predicted octanol–water partition coefficient (Wildman–Crippen LogP) is 0.843. The molecule has 0 spiro atoms. The first-order valence-electron chi connectivity index (χ1n) is 6.44. The molecule has 2 saturated carbocycles. The molecule has 18 heavy (non-hydrogen) atoms. The van der Waals surface area contributed by atoms with Crippen molar-refractivity contribution in [3.05, 3.63) is 26.7 Å². The van der Waals surface area contributed by atoms with Crippen molar-refractivity contribution in [2.24, 2.45) is 11.8 Å². The van der Waals surface area contributed by atoms with E-state index in [1.165, 1.54) is 25.7 Å². The number of aromatic nitrogens is 4. The fraction of sp³-hybridized carbons (Fsp3) is 0.583. The molecule has 2 aromatic heterocycles. The molecule has 4 rings (SSSR count). The highest BCUT2D eigenvalue weighted by atomic mass is 16.2. The van der Waals surface area contributed by atoms with Gasteiger partial charge in [0, 0.05) is 5.92 Å². The average molecular weight is 246 g/mol. The van der Waals surface area contributed by atoms with Crippen molar-refractivity contribution in [1.29, 1.82) is 0 Å². The highest BCUT2D eigenvalue weighted by molar-refractivity contribution is 5.68. The molecule has 0 aliphatic heterocycles. The summed E-state index contributed by atoms with van der Waals surface area (Å²) in [5.74, 6) is 2.75. The lowest BCUT2D eigenvalue weighted by Gasteiger charge is -2.11. The second-order valence-corrected chi connectivity index (χ2v) is 5.45. The number of aromatic amines is 3. The number of rotatable bonds is 3. The molecule has 6 nitrogen and oxygen atoms in total. The van der Waals surface area contributed by atoms with E-state index in [2.05, 4.69) is 19.9 Å². The van der Waals surface area contributed by atoms with Gasteiger partial charge in [-0.2, -0.15) is 0 Å². The summed E-state index contributed by atoms with van der Waals surface area (Å²) in [4.78, 5) is 35.2. The third kappa shape index (κ3) is 1.52. The highest BCUT2D eigenvalue weighted by Gasteiger charge is 2.43. The van der Waals surface area contributed by atoms with Crippen molar-refractivity contribution in [3.63, 3.8) is 0 Å². The van der Waals surface area contributed by atoms with Gasteiger partial charge in [-0.15, -0.1) is 0 Å². The first kappa shape index (κ1) is 10.1. The highest BCUT2D eigenvalue weighted by Crippen LogP contribution is 2.53. The lowest BCUT2D eigenvalue weighted by Crippen LogP contribution is -2.21. The number of nitrogens with one attached hydrogen (secondary N) is 3. The Morgan fingerprint density at radius 3 is 2.28 bits per heavy atom. The van der Waals surface area contributed by atoms with Crippen molar-refractivity contribution in [1.82, 2.24) is 19.9 Å². The average Bonchev–Trinajstić information content (AvgIpc) is 3.19. The van der Waals surface area contributed by atoms with Gasteiger partial charge in [0.2, 0.25) is 0 Å². The largest absolute Gasteiger partial charge is 0.336 e. The minimum Gasteiger partial charge on any atom is -0.336 e. The number of nitrogens with zero attached hydrogens (tertiary/aromatic N) is 1. The van der Waals surface area contributed by atoms with Crippen molar-refractivity contribution in [2.45, 2.75) is 31.6 Å². The van der Waals surface area contributed by atoms with Crippen LogP contribution in [0.1, 0.15) is 37.4 Å². The van der Waals surface area contributed by atoms with Gasteiger partial charge in [0.05, 0.1) is 0 Å². The Morgan fingerprint density at radius 1 is 1.00 bits per heavy atom. The van der Waals surface area contributed by atoms with Crippen LogP contribution >= 0.6 is 0 Å². The van der Waals surface area contributed by atoms with E-state index < -0.39 is 11.2 Å². The molecule has 0 unspecified atom stereocenters. The molecule has 2 fully saturated rings. The van der Waals surface area contributed by atoms with Crippen LogP contribution in [0.3, 0.4) is 0 Å². The monoisotopic (exact) mass is 246 g/mol. The minimum atomic E-state index is -0.500. The lowest BCUT2D eigenvalue weighted by atomic mass is 9.97. The normalized spacial score (nSPS) is 19.8. The van der Waals surface area contributed by atoms with E-state index in [1.54, 1.807) is 0 Å². The number of hydrogen-bond donors (Lipinski definition) is 3. The van der Waals surface area contributed by atoms with E-state index in [-0.39, 0.29) is 0 Å².